The van der Waals surface area contributed by atoms with Crippen molar-refractivity contribution < 1.29 is 24.2 Å². The fourth-order valence-electron chi connectivity index (χ4n) is 4.01. The van der Waals surface area contributed by atoms with E-state index in [1.165, 1.54) is 12.8 Å². The Labute approximate surface area is 211 Å². The Morgan fingerprint density at radius 1 is 1.14 bits per heavy atom. The molecule has 1 aromatic heterocycles. The van der Waals surface area contributed by atoms with Crippen LogP contribution in [0.3, 0.4) is 0 Å². The number of nitrogens with one attached hydrogen (secondary N) is 1. The molecule has 1 heterocycles. The van der Waals surface area contributed by atoms with Crippen LogP contribution in [-0.2, 0) is 27.4 Å². The van der Waals surface area contributed by atoms with Crippen LogP contribution in [0.1, 0.15) is 56.8 Å². The molecule has 0 spiro atoms. The summed E-state index contributed by atoms with van der Waals surface area (Å²) in [5, 5.41) is 16.9. The standard InChI is InChI=1S/C28H33N3O5/c1-3-31-17-24(29-28(34)36-19(2)22-7-5-4-6-8-22)26(30-31)23-14-11-21(12-15-23)18-35-25(27(32)33)16-13-20-9-10-20/h4-8,11-12,14-15,17,19-20,25H,3,9-10,13,16,18H2,1-2H3,(H,29,34)(H,32,33). The van der Waals surface area contributed by atoms with Gasteiger partial charge in [-0.2, -0.15) is 5.10 Å². The molecule has 3 aromatic rings. The molecular weight excluding hydrogens is 458 g/mol. The number of aromatic nitrogens is 2. The van der Waals surface area contributed by atoms with E-state index in [0.29, 0.717) is 30.3 Å². The molecule has 1 aliphatic carbocycles. The third-order valence-electron chi connectivity index (χ3n) is 6.36. The summed E-state index contributed by atoms with van der Waals surface area (Å²) in [5.41, 5.74) is 3.78. The Morgan fingerprint density at radius 2 is 1.86 bits per heavy atom. The number of ether oxygens (including phenoxy) is 2. The molecule has 0 radical (unpaired) electrons. The number of carbonyl (C=O) groups excluding carboxylic acids is 1. The molecule has 2 atom stereocenters. The first-order chi connectivity index (χ1) is 17.4. The van der Waals surface area contributed by atoms with E-state index in [4.69, 9.17) is 9.47 Å². The number of carboxylic acids is 1. The maximum Gasteiger partial charge on any atom is 0.412 e. The Hall–Kier alpha value is -3.65. The molecular formula is C28H33N3O5. The molecule has 2 unspecified atom stereocenters. The molecule has 36 heavy (non-hydrogen) atoms. The summed E-state index contributed by atoms with van der Waals surface area (Å²) in [4.78, 5) is 24.1. The van der Waals surface area contributed by atoms with Crippen molar-refractivity contribution >= 4 is 17.7 Å². The molecule has 2 N–H and O–H groups in total. The first-order valence-corrected chi connectivity index (χ1v) is 12.5. The number of benzene rings is 2. The average molecular weight is 492 g/mol. The molecule has 190 valence electrons. The number of hydrogen-bond acceptors (Lipinski definition) is 5. The van der Waals surface area contributed by atoms with Crippen molar-refractivity contribution in [3.8, 4) is 11.3 Å². The van der Waals surface area contributed by atoms with Crippen molar-refractivity contribution in [1.29, 1.82) is 0 Å². The van der Waals surface area contributed by atoms with Crippen molar-refractivity contribution in [3.63, 3.8) is 0 Å². The first-order valence-electron chi connectivity index (χ1n) is 12.5. The Morgan fingerprint density at radius 3 is 2.50 bits per heavy atom. The van der Waals surface area contributed by atoms with E-state index in [-0.39, 0.29) is 6.61 Å². The van der Waals surface area contributed by atoms with Gasteiger partial charge in [-0.1, -0.05) is 67.4 Å². The van der Waals surface area contributed by atoms with Gasteiger partial charge in [0, 0.05) is 18.3 Å². The predicted octanol–water partition coefficient (Wildman–Crippen LogP) is 6.04. The number of aryl methyl sites for hydroxylation is 1. The fraction of sp³-hybridized carbons (Fsp3) is 0.393. The predicted molar refractivity (Wildman–Crippen MR) is 136 cm³/mol. The van der Waals surface area contributed by atoms with Gasteiger partial charge in [-0.05, 0) is 43.7 Å². The summed E-state index contributed by atoms with van der Waals surface area (Å²) >= 11 is 0. The maximum atomic E-state index is 12.6. The molecule has 2 aromatic carbocycles. The molecule has 8 nitrogen and oxygen atoms in total. The molecule has 4 rings (SSSR count). The topological polar surface area (TPSA) is 103 Å². The van der Waals surface area contributed by atoms with Crippen molar-refractivity contribution in [2.45, 2.75) is 64.9 Å². The summed E-state index contributed by atoms with van der Waals surface area (Å²) in [5.74, 6) is -0.249. The molecule has 0 saturated heterocycles. The number of nitrogens with zero attached hydrogens (tertiary/aromatic N) is 2. The van der Waals surface area contributed by atoms with Crippen LogP contribution in [0.15, 0.2) is 60.8 Å². The zero-order valence-electron chi connectivity index (χ0n) is 20.7. The summed E-state index contributed by atoms with van der Waals surface area (Å²) < 4.78 is 13.0. The van der Waals surface area contributed by atoms with E-state index in [2.05, 4.69) is 10.4 Å². The van der Waals surface area contributed by atoms with E-state index < -0.39 is 24.3 Å². The number of amides is 1. The lowest BCUT2D eigenvalue weighted by atomic mass is 10.1. The minimum absolute atomic E-state index is 0.222. The highest BCUT2D eigenvalue weighted by Crippen LogP contribution is 2.34. The van der Waals surface area contributed by atoms with Gasteiger partial charge in [0.05, 0.1) is 12.3 Å². The average Bonchev–Trinajstić information content (AvgIpc) is 3.63. The van der Waals surface area contributed by atoms with E-state index in [9.17, 15) is 14.7 Å². The van der Waals surface area contributed by atoms with Crippen LogP contribution in [0, 0.1) is 5.92 Å². The van der Waals surface area contributed by atoms with Crippen molar-refractivity contribution in [1.82, 2.24) is 9.78 Å². The number of aliphatic carboxylic acids is 1. The molecule has 1 fully saturated rings. The maximum absolute atomic E-state index is 12.6. The van der Waals surface area contributed by atoms with Crippen LogP contribution in [0.4, 0.5) is 10.5 Å². The summed E-state index contributed by atoms with van der Waals surface area (Å²) in [6.45, 7) is 4.67. The highest BCUT2D eigenvalue weighted by Gasteiger charge is 2.26. The lowest BCUT2D eigenvalue weighted by Gasteiger charge is -2.14. The zero-order chi connectivity index (χ0) is 25.5. The number of carbonyl (C=O) groups is 2. The van der Waals surface area contributed by atoms with Gasteiger partial charge in [0.15, 0.2) is 6.10 Å². The number of carboxylic acid groups (broad SMARTS) is 1. The van der Waals surface area contributed by atoms with Gasteiger partial charge in [-0.15, -0.1) is 0 Å². The number of rotatable bonds is 12. The van der Waals surface area contributed by atoms with Gasteiger partial charge in [-0.25, -0.2) is 9.59 Å². The minimum Gasteiger partial charge on any atom is -0.479 e. The van der Waals surface area contributed by atoms with Gasteiger partial charge in [0.2, 0.25) is 0 Å². The van der Waals surface area contributed by atoms with E-state index in [0.717, 1.165) is 23.1 Å². The van der Waals surface area contributed by atoms with Crippen LogP contribution in [0.2, 0.25) is 0 Å². The fourth-order valence-corrected chi connectivity index (χ4v) is 4.01. The van der Waals surface area contributed by atoms with Crippen LogP contribution < -0.4 is 5.32 Å². The molecule has 0 aliphatic heterocycles. The lowest BCUT2D eigenvalue weighted by Crippen LogP contribution is -2.23. The smallest absolute Gasteiger partial charge is 0.412 e. The van der Waals surface area contributed by atoms with Crippen LogP contribution >= 0.6 is 0 Å². The summed E-state index contributed by atoms with van der Waals surface area (Å²) in [7, 11) is 0. The van der Waals surface area contributed by atoms with Gasteiger partial charge in [0.1, 0.15) is 11.8 Å². The van der Waals surface area contributed by atoms with Crippen LogP contribution in [0.25, 0.3) is 11.3 Å². The quantitative estimate of drug-likeness (QED) is 0.320. The third-order valence-corrected chi connectivity index (χ3v) is 6.36. The zero-order valence-corrected chi connectivity index (χ0v) is 20.7. The van der Waals surface area contributed by atoms with Gasteiger partial charge in [0.25, 0.3) is 0 Å². The summed E-state index contributed by atoms with van der Waals surface area (Å²) in [6.07, 6.45) is 3.88. The number of anilines is 1. The van der Waals surface area contributed by atoms with Crippen LogP contribution in [0.5, 0.6) is 0 Å². The Balaban J connectivity index is 1.39. The van der Waals surface area contributed by atoms with Gasteiger partial charge < -0.3 is 14.6 Å². The number of hydrogen-bond donors (Lipinski definition) is 2. The lowest BCUT2D eigenvalue weighted by molar-refractivity contribution is -0.151. The second-order valence-electron chi connectivity index (χ2n) is 9.19. The Bertz CT molecular complexity index is 1160. The van der Waals surface area contributed by atoms with Gasteiger partial charge in [-0.3, -0.25) is 10.00 Å². The molecule has 1 amide bonds. The van der Waals surface area contributed by atoms with E-state index in [1.807, 2.05) is 68.4 Å². The molecule has 1 aliphatic rings. The van der Waals surface area contributed by atoms with E-state index >= 15 is 0 Å². The van der Waals surface area contributed by atoms with Crippen molar-refractivity contribution in [2.24, 2.45) is 5.92 Å². The molecule has 1 saturated carbocycles. The monoisotopic (exact) mass is 491 g/mol. The highest BCUT2D eigenvalue weighted by molar-refractivity contribution is 5.90. The first kappa shape index (κ1) is 25.4. The summed E-state index contributed by atoms with van der Waals surface area (Å²) in [6, 6.07) is 17.1. The normalized spacial score (nSPS) is 14.7. The van der Waals surface area contributed by atoms with Crippen molar-refractivity contribution in [2.75, 3.05) is 5.32 Å². The second-order valence-corrected chi connectivity index (χ2v) is 9.19. The molecule has 8 heteroatoms. The Kier molecular flexibility index (Phi) is 8.38. The van der Waals surface area contributed by atoms with Crippen molar-refractivity contribution in [3.05, 3.63) is 71.9 Å². The van der Waals surface area contributed by atoms with E-state index in [1.54, 1.807) is 10.9 Å². The minimum atomic E-state index is -0.915. The SMILES string of the molecule is CCn1cc(NC(=O)OC(C)c2ccccc2)c(-c2ccc(COC(CCC3CC3)C(=O)O)cc2)n1. The second kappa shape index (κ2) is 11.9. The largest absolute Gasteiger partial charge is 0.479 e. The van der Waals surface area contributed by atoms with Crippen LogP contribution in [-0.4, -0.2) is 33.1 Å². The van der Waals surface area contributed by atoms with Gasteiger partial charge >= 0.3 is 12.1 Å². The molecule has 0 bridgehead atoms. The highest BCUT2D eigenvalue weighted by atomic mass is 16.6. The third kappa shape index (κ3) is 6.95.